The van der Waals surface area contributed by atoms with Crippen molar-refractivity contribution in [3.8, 4) is 0 Å². The van der Waals surface area contributed by atoms with E-state index in [0.717, 1.165) is 31.5 Å². The number of anilines is 2. The monoisotopic (exact) mass is 444 g/mol. The van der Waals surface area contributed by atoms with E-state index in [2.05, 4.69) is 5.32 Å². The van der Waals surface area contributed by atoms with Crippen LogP contribution in [-0.2, 0) is 6.42 Å². The van der Waals surface area contributed by atoms with E-state index in [4.69, 9.17) is 23.2 Å². The molecule has 2 heterocycles. The van der Waals surface area contributed by atoms with Crippen LogP contribution in [0.15, 0.2) is 53.9 Å². The summed E-state index contributed by atoms with van der Waals surface area (Å²) in [7, 11) is 0. The van der Waals surface area contributed by atoms with E-state index in [1.165, 1.54) is 10.9 Å². The van der Waals surface area contributed by atoms with Gasteiger partial charge in [0.05, 0.1) is 15.7 Å². The number of nitrogens with one attached hydrogen (secondary N) is 1. The number of fused-ring (bicyclic) bond motifs is 1. The first-order valence-corrected chi connectivity index (χ1v) is 10.9. The molecule has 0 atom stereocenters. The number of rotatable bonds is 3. The van der Waals surface area contributed by atoms with Gasteiger partial charge < -0.3 is 10.2 Å². The molecule has 1 aliphatic heterocycles. The number of carbonyl (C=O) groups is 2. The molecule has 0 unspecified atom stereocenters. The van der Waals surface area contributed by atoms with Gasteiger partial charge in [0.25, 0.3) is 11.8 Å². The minimum atomic E-state index is -0.293. The Bertz CT molecular complexity index is 1060. The molecular formula is C22H18Cl2N2O2S. The molecule has 1 aliphatic rings. The highest BCUT2D eigenvalue weighted by Crippen LogP contribution is 2.32. The number of nitrogens with zero attached hydrogens (tertiary/aromatic N) is 1. The molecule has 1 aromatic heterocycles. The highest BCUT2D eigenvalue weighted by Gasteiger charge is 2.23. The van der Waals surface area contributed by atoms with E-state index < -0.39 is 0 Å². The zero-order chi connectivity index (χ0) is 20.4. The van der Waals surface area contributed by atoms with Crippen LogP contribution in [0.25, 0.3) is 0 Å². The average Bonchev–Trinajstić information content (AvgIpc) is 3.09. The second-order valence-corrected chi connectivity index (χ2v) is 8.62. The van der Waals surface area contributed by atoms with Crippen molar-refractivity contribution < 1.29 is 9.59 Å². The van der Waals surface area contributed by atoms with Crippen LogP contribution in [0.2, 0.25) is 10.0 Å². The molecule has 0 saturated carbocycles. The number of carbonyl (C=O) groups excluding carboxylic acids is 2. The second kappa shape index (κ2) is 8.57. The summed E-state index contributed by atoms with van der Waals surface area (Å²) in [5.74, 6) is -0.313. The van der Waals surface area contributed by atoms with Crippen LogP contribution in [0.1, 0.15) is 38.4 Å². The van der Waals surface area contributed by atoms with E-state index in [1.54, 1.807) is 47.7 Å². The highest BCUT2D eigenvalue weighted by atomic mass is 35.5. The molecule has 0 saturated heterocycles. The maximum atomic E-state index is 13.1. The van der Waals surface area contributed by atoms with Gasteiger partial charge in [-0.2, -0.15) is 0 Å². The van der Waals surface area contributed by atoms with Crippen molar-refractivity contribution in [3.63, 3.8) is 0 Å². The number of hydrogen-bond donors (Lipinski definition) is 1. The van der Waals surface area contributed by atoms with Gasteiger partial charge in [0.1, 0.15) is 0 Å². The summed E-state index contributed by atoms with van der Waals surface area (Å²) in [6, 6.07) is 13.7. The highest BCUT2D eigenvalue weighted by molar-refractivity contribution is 7.10. The molecule has 0 fully saturated rings. The minimum Gasteiger partial charge on any atom is -0.322 e. The summed E-state index contributed by atoms with van der Waals surface area (Å²) < 4.78 is 0. The van der Waals surface area contributed by atoms with Crippen molar-refractivity contribution >= 4 is 57.7 Å². The van der Waals surface area contributed by atoms with E-state index in [0.29, 0.717) is 26.9 Å². The van der Waals surface area contributed by atoms with Crippen LogP contribution in [0.4, 0.5) is 11.4 Å². The number of thiophene rings is 1. The Morgan fingerprint density at radius 3 is 2.45 bits per heavy atom. The fourth-order valence-corrected chi connectivity index (χ4v) is 4.56. The molecule has 2 aromatic carbocycles. The van der Waals surface area contributed by atoms with Crippen LogP contribution in [-0.4, -0.2) is 18.4 Å². The van der Waals surface area contributed by atoms with Crippen molar-refractivity contribution in [1.29, 1.82) is 0 Å². The van der Waals surface area contributed by atoms with E-state index in [9.17, 15) is 9.59 Å². The van der Waals surface area contributed by atoms with Crippen molar-refractivity contribution in [1.82, 2.24) is 0 Å². The van der Waals surface area contributed by atoms with E-state index >= 15 is 0 Å². The molecule has 4 rings (SSSR count). The Balaban J connectivity index is 1.48. The first-order chi connectivity index (χ1) is 14.0. The van der Waals surface area contributed by atoms with Crippen molar-refractivity contribution in [3.05, 3.63) is 80.0 Å². The summed E-state index contributed by atoms with van der Waals surface area (Å²) in [6.45, 7) is 0.721. The van der Waals surface area contributed by atoms with E-state index in [1.807, 2.05) is 16.3 Å². The Morgan fingerprint density at radius 2 is 1.69 bits per heavy atom. The molecule has 1 N–H and O–H groups in total. The van der Waals surface area contributed by atoms with Gasteiger partial charge in [-0.3, -0.25) is 9.59 Å². The summed E-state index contributed by atoms with van der Waals surface area (Å²) in [5.41, 5.74) is 2.63. The Kier molecular flexibility index (Phi) is 5.90. The zero-order valence-electron chi connectivity index (χ0n) is 15.5. The van der Waals surface area contributed by atoms with Gasteiger partial charge in [-0.15, -0.1) is 11.3 Å². The first-order valence-electron chi connectivity index (χ1n) is 9.27. The van der Waals surface area contributed by atoms with Crippen LogP contribution in [0, 0.1) is 0 Å². The van der Waals surface area contributed by atoms with Crippen LogP contribution < -0.4 is 10.2 Å². The molecule has 4 nitrogen and oxygen atoms in total. The van der Waals surface area contributed by atoms with Crippen LogP contribution >= 0.6 is 34.5 Å². The Morgan fingerprint density at radius 1 is 0.931 bits per heavy atom. The van der Waals surface area contributed by atoms with Gasteiger partial charge in [0.15, 0.2) is 0 Å². The molecular weight excluding hydrogens is 427 g/mol. The molecule has 29 heavy (non-hydrogen) atoms. The number of hydrogen-bond acceptors (Lipinski definition) is 3. The van der Waals surface area contributed by atoms with E-state index in [-0.39, 0.29) is 11.8 Å². The third-order valence-electron chi connectivity index (χ3n) is 4.86. The largest absolute Gasteiger partial charge is 0.322 e. The normalized spacial score (nSPS) is 13.5. The fourth-order valence-electron chi connectivity index (χ4n) is 3.34. The van der Waals surface area contributed by atoms with Crippen LogP contribution in [0.5, 0.6) is 0 Å². The van der Waals surface area contributed by atoms with Gasteiger partial charge in [0.2, 0.25) is 0 Å². The molecule has 2 amide bonds. The van der Waals surface area contributed by atoms with Crippen molar-refractivity contribution in [2.75, 3.05) is 16.8 Å². The fraction of sp³-hybridized carbons (Fsp3) is 0.182. The smallest absolute Gasteiger partial charge is 0.258 e. The summed E-state index contributed by atoms with van der Waals surface area (Å²) in [6.07, 6.45) is 3.11. The minimum absolute atomic E-state index is 0.0195. The topological polar surface area (TPSA) is 49.4 Å². The second-order valence-electron chi connectivity index (χ2n) is 6.80. The van der Waals surface area contributed by atoms with Gasteiger partial charge in [-0.1, -0.05) is 23.2 Å². The predicted octanol–water partition coefficient (Wildman–Crippen LogP) is 6.29. The summed E-state index contributed by atoms with van der Waals surface area (Å²) in [5, 5.41) is 5.57. The van der Waals surface area contributed by atoms with Crippen molar-refractivity contribution in [2.24, 2.45) is 0 Å². The first kappa shape index (κ1) is 20.0. The molecule has 148 valence electrons. The Hall–Kier alpha value is -2.34. The lowest BCUT2D eigenvalue weighted by molar-refractivity contribution is 0.0986. The molecule has 7 heteroatoms. The third kappa shape index (κ3) is 4.32. The van der Waals surface area contributed by atoms with Crippen molar-refractivity contribution in [2.45, 2.75) is 19.3 Å². The standard InChI is InChI=1S/C22H18Cl2N2O2S/c23-17-9-6-15(13-18(17)24)21(27)25-16-7-4-14(5-8-16)22(28)26-11-2-1-3-20-19(26)10-12-29-20/h4-10,12-13H,1-3,11H2,(H,25,27). The Labute approximate surface area is 183 Å². The number of halogens is 2. The molecule has 0 radical (unpaired) electrons. The lowest BCUT2D eigenvalue weighted by atomic mass is 10.1. The molecule has 0 spiro atoms. The van der Waals surface area contributed by atoms with Gasteiger partial charge in [-0.05, 0) is 73.2 Å². The number of amides is 2. The summed E-state index contributed by atoms with van der Waals surface area (Å²) >= 11 is 13.6. The number of aryl methyl sites for hydroxylation is 1. The maximum Gasteiger partial charge on any atom is 0.258 e. The molecule has 0 bridgehead atoms. The van der Waals surface area contributed by atoms with Gasteiger partial charge >= 0.3 is 0 Å². The molecule has 3 aromatic rings. The average molecular weight is 445 g/mol. The zero-order valence-corrected chi connectivity index (χ0v) is 17.8. The SMILES string of the molecule is O=C(Nc1ccc(C(=O)N2CCCCc3sccc32)cc1)c1ccc(Cl)c(Cl)c1. The predicted molar refractivity (Wildman–Crippen MR) is 120 cm³/mol. The lowest BCUT2D eigenvalue weighted by Crippen LogP contribution is -2.31. The quantitative estimate of drug-likeness (QED) is 0.515. The number of benzene rings is 2. The van der Waals surface area contributed by atoms with Gasteiger partial charge in [0, 0.05) is 28.2 Å². The van der Waals surface area contributed by atoms with Crippen LogP contribution in [0.3, 0.4) is 0 Å². The lowest BCUT2D eigenvalue weighted by Gasteiger charge is -2.21. The summed E-state index contributed by atoms with van der Waals surface area (Å²) in [4.78, 5) is 28.6. The molecule has 0 aliphatic carbocycles. The van der Waals surface area contributed by atoms with Gasteiger partial charge in [-0.25, -0.2) is 0 Å². The third-order valence-corrected chi connectivity index (χ3v) is 6.57. The maximum absolute atomic E-state index is 13.1.